The Labute approximate surface area is 194 Å². The molecule has 0 heterocycles. The zero-order valence-electron chi connectivity index (χ0n) is 18.4. The topological polar surface area (TPSA) is 97.0 Å². The van der Waals surface area contributed by atoms with Crippen molar-refractivity contribution in [2.24, 2.45) is 0 Å². The van der Waals surface area contributed by atoms with Gasteiger partial charge >= 0.3 is 0 Å². The van der Waals surface area contributed by atoms with Crippen LogP contribution in [0.15, 0.2) is 53.4 Å². The maximum Gasteiger partial charge on any atom is 0.250 e. The van der Waals surface area contributed by atoms with E-state index in [1.165, 1.54) is 29.6 Å². The van der Waals surface area contributed by atoms with Crippen LogP contribution in [0.4, 0.5) is 5.69 Å². The lowest BCUT2D eigenvalue weighted by molar-refractivity contribution is -0.115. The molecule has 2 aromatic carbocycles. The van der Waals surface area contributed by atoms with Gasteiger partial charge in [0.1, 0.15) is 0 Å². The van der Waals surface area contributed by atoms with Crippen LogP contribution in [0, 0.1) is 0 Å². The van der Waals surface area contributed by atoms with Gasteiger partial charge in [-0.05, 0) is 60.3 Å². The van der Waals surface area contributed by atoms with E-state index < -0.39 is 15.9 Å². The number of ether oxygens (including phenoxy) is 2. The molecule has 32 heavy (non-hydrogen) atoms. The van der Waals surface area contributed by atoms with Gasteiger partial charge in [-0.3, -0.25) is 10.1 Å². The molecular formula is C22H27N3O5S2. The zero-order chi connectivity index (χ0) is 23.7. The minimum absolute atomic E-state index is 0.0892. The normalized spacial score (nSPS) is 11.4. The SMILES string of the molecule is CCN(CC)S(=O)(=O)c1ccc(NC(=S)NC(=O)/C=C/c2ccc(OC)c(OC)c2)cc1. The maximum absolute atomic E-state index is 12.5. The highest BCUT2D eigenvalue weighted by atomic mass is 32.2. The van der Waals surface area contributed by atoms with Crippen molar-refractivity contribution in [3.63, 3.8) is 0 Å². The fourth-order valence-corrected chi connectivity index (χ4v) is 4.54. The number of benzene rings is 2. The molecule has 2 rings (SSSR count). The van der Waals surface area contributed by atoms with Gasteiger partial charge in [0.05, 0.1) is 19.1 Å². The van der Waals surface area contributed by atoms with E-state index in [2.05, 4.69) is 10.6 Å². The lowest BCUT2D eigenvalue weighted by atomic mass is 10.2. The third-order valence-corrected chi connectivity index (χ3v) is 6.80. The largest absolute Gasteiger partial charge is 0.493 e. The summed E-state index contributed by atoms with van der Waals surface area (Å²) in [6, 6.07) is 11.5. The van der Waals surface area contributed by atoms with Gasteiger partial charge in [-0.1, -0.05) is 19.9 Å². The van der Waals surface area contributed by atoms with Crippen LogP contribution >= 0.6 is 12.2 Å². The number of anilines is 1. The molecule has 0 saturated heterocycles. The van der Waals surface area contributed by atoms with Gasteiger partial charge in [0.25, 0.3) is 0 Å². The van der Waals surface area contributed by atoms with E-state index in [9.17, 15) is 13.2 Å². The van der Waals surface area contributed by atoms with Crippen LogP contribution in [0.25, 0.3) is 6.08 Å². The van der Waals surface area contributed by atoms with E-state index >= 15 is 0 Å². The van der Waals surface area contributed by atoms with Gasteiger partial charge in [-0.2, -0.15) is 4.31 Å². The smallest absolute Gasteiger partial charge is 0.250 e. The van der Waals surface area contributed by atoms with Gasteiger partial charge in [0.15, 0.2) is 16.6 Å². The van der Waals surface area contributed by atoms with Gasteiger partial charge < -0.3 is 14.8 Å². The van der Waals surface area contributed by atoms with E-state index in [-0.39, 0.29) is 10.0 Å². The molecule has 0 spiro atoms. The summed E-state index contributed by atoms with van der Waals surface area (Å²) in [5, 5.41) is 5.49. The highest BCUT2D eigenvalue weighted by Crippen LogP contribution is 2.28. The standard InChI is InChI=1S/C22H27N3O5S2/c1-5-25(6-2)32(27,28)18-11-9-17(10-12-18)23-22(31)24-21(26)14-8-16-7-13-19(29-3)20(15-16)30-4/h7-15H,5-6H2,1-4H3,(H2,23,24,26,31)/b14-8+. The Bertz CT molecular complexity index is 1080. The quantitative estimate of drug-likeness (QED) is 0.423. The molecule has 10 heteroatoms. The van der Waals surface area contributed by atoms with Crippen LogP contribution < -0.4 is 20.1 Å². The summed E-state index contributed by atoms with van der Waals surface area (Å²) in [7, 11) is -0.448. The third kappa shape index (κ3) is 6.52. The molecule has 0 bridgehead atoms. The fourth-order valence-electron chi connectivity index (χ4n) is 2.87. The van der Waals surface area contributed by atoms with Gasteiger partial charge in [-0.25, -0.2) is 8.42 Å². The Morgan fingerprint density at radius 2 is 1.66 bits per heavy atom. The molecule has 0 aromatic heterocycles. The predicted octanol–water partition coefficient (Wildman–Crippen LogP) is 3.26. The Morgan fingerprint density at radius 1 is 1.03 bits per heavy atom. The van der Waals surface area contributed by atoms with Crippen LogP contribution in [-0.2, 0) is 14.8 Å². The summed E-state index contributed by atoms with van der Waals surface area (Å²) in [5.74, 6) is 0.729. The highest BCUT2D eigenvalue weighted by Gasteiger charge is 2.21. The maximum atomic E-state index is 12.5. The Morgan fingerprint density at radius 3 is 2.22 bits per heavy atom. The summed E-state index contributed by atoms with van der Waals surface area (Å²) in [6.07, 6.45) is 2.96. The Hall–Kier alpha value is -2.95. The summed E-state index contributed by atoms with van der Waals surface area (Å²) in [4.78, 5) is 12.3. The number of rotatable bonds is 9. The Kier molecular flexibility index (Phi) is 9.18. The second kappa shape index (κ2) is 11.6. The number of nitrogens with one attached hydrogen (secondary N) is 2. The molecule has 0 fully saturated rings. The number of nitrogens with zero attached hydrogens (tertiary/aromatic N) is 1. The van der Waals surface area contributed by atoms with Crippen LogP contribution in [0.1, 0.15) is 19.4 Å². The molecular weight excluding hydrogens is 450 g/mol. The van der Waals surface area contributed by atoms with E-state index in [1.54, 1.807) is 57.4 Å². The fraction of sp³-hybridized carbons (Fsp3) is 0.273. The average molecular weight is 478 g/mol. The first-order valence-corrected chi connectivity index (χ1v) is 11.7. The number of thiocarbonyl (C=S) groups is 1. The van der Waals surface area contributed by atoms with Gasteiger partial charge in [0, 0.05) is 24.9 Å². The lowest BCUT2D eigenvalue weighted by Crippen LogP contribution is -2.33. The molecule has 0 saturated carbocycles. The van der Waals surface area contributed by atoms with Gasteiger partial charge in [0.2, 0.25) is 15.9 Å². The first-order chi connectivity index (χ1) is 15.2. The third-order valence-electron chi connectivity index (χ3n) is 4.53. The molecule has 172 valence electrons. The first-order valence-electron chi connectivity index (χ1n) is 9.87. The molecule has 0 radical (unpaired) electrons. The number of carbonyl (C=O) groups is 1. The van der Waals surface area contributed by atoms with Crippen LogP contribution in [-0.4, -0.2) is 51.1 Å². The van der Waals surface area contributed by atoms with Crippen molar-refractivity contribution in [3.05, 3.63) is 54.1 Å². The van der Waals surface area contributed by atoms with E-state index in [0.717, 1.165) is 5.56 Å². The number of carbonyl (C=O) groups excluding carboxylic acids is 1. The van der Waals surface area contributed by atoms with Crippen LogP contribution in [0.5, 0.6) is 11.5 Å². The number of hydrogen-bond acceptors (Lipinski definition) is 6. The molecule has 0 aliphatic heterocycles. The molecule has 2 N–H and O–H groups in total. The molecule has 0 aliphatic carbocycles. The summed E-state index contributed by atoms with van der Waals surface area (Å²) < 4.78 is 36.9. The van der Waals surface area contributed by atoms with E-state index in [1.807, 2.05) is 0 Å². The van der Waals surface area contributed by atoms with Crippen molar-refractivity contribution in [3.8, 4) is 11.5 Å². The van der Waals surface area contributed by atoms with Crippen molar-refractivity contribution in [1.29, 1.82) is 0 Å². The average Bonchev–Trinajstić information content (AvgIpc) is 2.78. The molecule has 1 amide bonds. The summed E-state index contributed by atoms with van der Waals surface area (Å²) in [6.45, 7) is 4.37. The number of methoxy groups -OCH3 is 2. The second-order valence-corrected chi connectivity index (χ2v) is 8.85. The Balaban J connectivity index is 1.97. The van der Waals surface area contributed by atoms with Crippen molar-refractivity contribution in [2.45, 2.75) is 18.7 Å². The molecule has 8 nitrogen and oxygen atoms in total. The monoisotopic (exact) mass is 477 g/mol. The van der Waals surface area contributed by atoms with Gasteiger partial charge in [-0.15, -0.1) is 0 Å². The minimum Gasteiger partial charge on any atom is -0.493 e. The van der Waals surface area contributed by atoms with Crippen LogP contribution in [0.2, 0.25) is 0 Å². The van der Waals surface area contributed by atoms with Crippen molar-refractivity contribution in [2.75, 3.05) is 32.6 Å². The number of amides is 1. The van der Waals surface area contributed by atoms with E-state index in [0.29, 0.717) is 30.3 Å². The summed E-state index contributed by atoms with van der Waals surface area (Å²) >= 11 is 5.16. The molecule has 0 atom stereocenters. The van der Waals surface area contributed by atoms with E-state index in [4.69, 9.17) is 21.7 Å². The first kappa shape index (κ1) is 25.3. The highest BCUT2D eigenvalue weighted by molar-refractivity contribution is 7.89. The molecule has 0 aliphatic rings. The number of sulfonamides is 1. The van der Waals surface area contributed by atoms with Crippen molar-refractivity contribution in [1.82, 2.24) is 9.62 Å². The van der Waals surface area contributed by atoms with Crippen molar-refractivity contribution < 1.29 is 22.7 Å². The molecule has 2 aromatic rings. The van der Waals surface area contributed by atoms with Crippen molar-refractivity contribution >= 4 is 45.0 Å². The second-order valence-electron chi connectivity index (χ2n) is 6.50. The van der Waals surface area contributed by atoms with Crippen LogP contribution in [0.3, 0.4) is 0 Å². The number of hydrogen-bond donors (Lipinski definition) is 2. The minimum atomic E-state index is -3.53. The zero-order valence-corrected chi connectivity index (χ0v) is 20.0. The predicted molar refractivity (Wildman–Crippen MR) is 129 cm³/mol. The molecule has 0 unspecified atom stereocenters. The lowest BCUT2D eigenvalue weighted by Gasteiger charge is -2.18. The summed E-state index contributed by atoms with van der Waals surface area (Å²) in [5.41, 5.74) is 1.30.